The van der Waals surface area contributed by atoms with Crippen LogP contribution >= 0.6 is 11.8 Å². The Balaban J connectivity index is 1.86. The van der Waals surface area contributed by atoms with Crippen molar-refractivity contribution in [2.24, 2.45) is 0 Å². The van der Waals surface area contributed by atoms with E-state index in [0.29, 0.717) is 0 Å². The number of fused-ring (bicyclic) bond motifs is 1. The van der Waals surface area contributed by atoms with Crippen LogP contribution in [0, 0.1) is 0 Å². The van der Waals surface area contributed by atoms with Crippen molar-refractivity contribution in [1.82, 2.24) is 0 Å². The van der Waals surface area contributed by atoms with Crippen LogP contribution in [0.4, 0.5) is 5.69 Å². The van der Waals surface area contributed by atoms with Gasteiger partial charge in [0.1, 0.15) is 0 Å². The fourth-order valence-corrected chi connectivity index (χ4v) is 3.32. The monoisotopic (exact) mass is 285 g/mol. The Morgan fingerprint density at radius 1 is 1.15 bits per heavy atom. The number of para-hydroxylation sites is 1. The lowest BCUT2D eigenvalue weighted by Gasteiger charge is -2.28. The van der Waals surface area contributed by atoms with E-state index in [2.05, 4.69) is 60.8 Å². The average molecular weight is 285 g/mol. The molecule has 1 N–H and O–H groups in total. The molecule has 1 heterocycles. The fourth-order valence-electron chi connectivity index (χ4n) is 2.56. The molecular weight excluding hydrogens is 266 g/mol. The molecule has 3 rings (SSSR count). The first-order chi connectivity index (χ1) is 9.88. The molecule has 0 spiro atoms. The molecule has 3 heteroatoms. The first-order valence-corrected chi connectivity index (χ1v) is 8.01. The zero-order valence-electron chi connectivity index (χ0n) is 11.6. The maximum atomic E-state index is 5.71. The van der Waals surface area contributed by atoms with E-state index in [1.807, 2.05) is 11.8 Å². The van der Waals surface area contributed by atoms with E-state index in [1.54, 1.807) is 0 Å². The third kappa shape index (κ3) is 2.84. The second kappa shape index (κ2) is 6.33. The number of rotatable bonds is 4. The zero-order valence-corrected chi connectivity index (χ0v) is 12.5. The van der Waals surface area contributed by atoms with Gasteiger partial charge in [-0.15, -0.1) is 11.8 Å². The van der Waals surface area contributed by atoms with E-state index in [1.165, 1.54) is 21.7 Å². The van der Waals surface area contributed by atoms with E-state index in [4.69, 9.17) is 4.74 Å². The lowest BCUT2D eigenvalue weighted by atomic mass is 9.99. The van der Waals surface area contributed by atoms with Crippen LogP contribution in [0.25, 0.3) is 0 Å². The van der Waals surface area contributed by atoms with Crippen LogP contribution in [-0.2, 0) is 11.3 Å². The summed E-state index contributed by atoms with van der Waals surface area (Å²) in [6.07, 6.45) is 0. The number of hydrogen-bond donors (Lipinski definition) is 1. The molecule has 2 aromatic carbocycles. The predicted molar refractivity (Wildman–Crippen MR) is 85.3 cm³/mol. The van der Waals surface area contributed by atoms with Gasteiger partial charge in [-0.3, -0.25) is 0 Å². The third-order valence-electron chi connectivity index (χ3n) is 3.49. The van der Waals surface area contributed by atoms with Crippen molar-refractivity contribution in [3.05, 3.63) is 59.7 Å². The quantitative estimate of drug-likeness (QED) is 0.837. The van der Waals surface area contributed by atoms with Crippen molar-refractivity contribution in [3.8, 4) is 0 Å². The summed E-state index contributed by atoms with van der Waals surface area (Å²) >= 11 is 1.87. The topological polar surface area (TPSA) is 21.3 Å². The Morgan fingerprint density at radius 2 is 1.95 bits per heavy atom. The van der Waals surface area contributed by atoms with Gasteiger partial charge < -0.3 is 10.1 Å². The Morgan fingerprint density at radius 3 is 2.85 bits per heavy atom. The largest absolute Gasteiger partial charge is 0.375 e. The van der Waals surface area contributed by atoms with Gasteiger partial charge in [-0.1, -0.05) is 43.3 Å². The Bertz CT molecular complexity index is 585. The van der Waals surface area contributed by atoms with Gasteiger partial charge in [-0.05, 0) is 29.0 Å². The summed E-state index contributed by atoms with van der Waals surface area (Å²) in [6, 6.07) is 17.3. The molecule has 0 saturated heterocycles. The molecule has 0 aromatic heterocycles. The van der Waals surface area contributed by atoms with Crippen LogP contribution < -0.4 is 5.32 Å². The number of hydrogen-bond acceptors (Lipinski definition) is 3. The minimum absolute atomic E-state index is 0.235. The van der Waals surface area contributed by atoms with Crippen molar-refractivity contribution in [2.45, 2.75) is 24.5 Å². The number of thioether (sulfide) groups is 1. The summed E-state index contributed by atoms with van der Waals surface area (Å²) in [5, 5.41) is 3.64. The molecular formula is C17H19NOS. The SMILES string of the molecule is CCSc1ccccc1NC1COCc2ccccc21. The number of benzene rings is 2. The molecule has 2 aromatic rings. The summed E-state index contributed by atoms with van der Waals surface area (Å²) < 4.78 is 5.71. The molecule has 1 atom stereocenters. The maximum Gasteiger partial charge on any atom is 0.0751 e. The van der Waals surface area contributed by atoms with E-state index in [9.17, 15) is 0 Å². The highest BCUT2D eigenvalue weighted by molar-refractivity contribution is 7.99. The lowest BCUT2D eigenvalue weighted by Crippen LogP contribution is -2.23. The van der Waals surface area contributed by atoms with Gasteiger partial charge in [-0.25, -0.2) is 0 Å². The van der Waals surface area contributed by atoms with Crippen molar-refractivity contribution in [3.63, 3.8) is 0 Å². The lowest BCUT2D eigenvalue weighted by molar-refractivity contribution is 0.0969. The zero-order chi connectivity index (χ0) is 13.8. The van der Waals surface area contributed by atoms with Crippen LogP contribution in [-0.4, -0.2) is 12.4 Å². The minimum Gasteiger partial charge on any atom is -0.375 e. The van der Waals surface area contributed by atoms with Gasteiger partial charge in [-0.2, -0.15) is 0 Å². The standard InChI is InChI=1S/C17H19NOS/c1-2-20-17-10-6-5-9-15(17)18-16-12-19-11-13-7-3-4-8-14(13)16/h3-10,16,18H,2,11-12H2,1H3. The summed E-state index contributed by atoms with van der Waals surface area (Å²) in [6.45, 7) is 3.63. The van der Waals surface area contributed by atoms with Gasteiger partial charge in [0, 0.05) is 10.6 Å². The van der Waals surface area contributed by atoms with Crippen LogP contribution in [0.15, 0.2) is 53.4 Å². The molecule has 0 amide bonds. The van der Waals surface area contributed by atoms with Gasteiger partial charge in [0.05, 0.1) is 19.3 Å². The molecule has 20 heavy (non-hydrogen) atoms. The van der Waals surface area contributed by atoms with Crippen molar-refractivity contribution < 1.29 is 4.74 Å². The highest BCUT2D eigenvalue weighted by Crippen LogP contribution is 2.32. The Kier molecular flexibility index (Phi) is 4.28. The molecule has 104 valence electrons. The van der Waals surface area contributed by atoms with E-state index >= 15 is 0 Å². The average Bonchev–Trinajstić information content (AvgIpc) is 2.50. The molecule has 1 unspecified atom stereocenters. The smallest absolute Gasteiger partial charge is 0.0751 e. The maximum absolute atomic E-state index is 5.71. The molecule has 0 bridgehead atoms. The number of anilines is 1. The summed E-state index contributed by atoms with van der Waals surface area (Å²) in [5.74, 6) is 1.08. The number of nitrogens with one attached hydrogen (secondary N) is 1. The molecule has 0 saturated carbocycles. The molecule has 1 aliphatic heterocycles. The molecule has 0 fully saturated rings. The van der Waals surface area contributed by atoms with E-state index < -0.39 is 0 Å². The summed E-state index contributed by atoms with van der Waals surface area (Å²) in [7, 11) is 0. The van der Waals surface area contributed by atoms with E-state index in [-0.39, 0.29) is 6.04 Å². The fraction of sp³-hybridized carbons (Fsp3) is 0.294. The van der Waals surface area contributed by atoms with Crippen molar-refractivity contribution in [1.29, 1.82) is 0 Å². The first-order valence-electron chi connectivity index (χ1n) is 7.02. The van der Waals surface area contributed by atoms with Crippen LogP contribution in [0.5, 0.6) is 0 Å². The van der Waals surface area contributed by atoms with Gasteiger partial charge >= 0.3 is 0 Å². The normalized spacial score (nSPS) is 17.6. The highest BCUT2D eigenvalue weighted by Gasteiger charge is 2.20. The van der Waals surface area contributed by atoms with E-state index in [0.717, 1.165) is 19.0 Å². The summed E-state index contributed by atoms with van der Waals surface area (Å²) in [4.78, 5) is 1.30. The van der Waals surface area contributed by atoms with Gasteiger partial charge in [0.2, 0.25) is 0 Å². The second-order valence-electron chi connectivity index (χ2n) is 4.84. The molecule has 1 aliphatic rings. The first kappa shape index (κ1) is 13.5. The Hall–Kier alpha value is -1.45. The van der Waals surface area contributed by atoms with Crippen molar-refractivity contribution in [2.75, 3.05) is 17.7 Å². The second-order valence-corrected chi connectivity index (χ2v) is 6.15. The highest BCUT2D eigenvalue weighted by atomic mass is 32.2. The molecule has 2 nitrogen and oxygen atoms in total. The summed E-state index contributed by atoms with van der Waals surface area (Å²) in [5.41, 5.74) is 3.84. The van der Waals surface area contributed by atoms with Crippen LogP contribution in [0.2, 0.25) is 0 Å². The Labute approximate surface area is 124 Å². The van der Waals surface area contributed by atoms with Gasteiger partial charge in [0.15, 0.2) is 0 Å². The van der Waals surface area contributed by atoms with Crippen LogP contribution in [0.3, 0.4) is 0 Å². The number of ether oxygens (including phenoxy) is 1. The van der Waals surface area contributed by atoms with Crippen LogP contribution in [0.1, 0.15) is 24.1 Å². The molecule has 0 aliphatic carbocycles. The predicted octanol–water partition coefficient (Wildman–Crippen LogP) is 4.48. The third-order valence-corrected chi connectivity index (χ3v) is 4.44. The minimum atomic E-state index is 0.235. The molecule has 0 radical (unpaired) electrons. The van der Waals surface area contributed by atoms with Gasteiger partial charge in [0.25, 0.3) is 0 Å². The van der Waals surface area contributed by atoms with Crippen molar-refractivity contribution >= 4 is 17.4 Å².